The van der Waals surface area contributed by atoms with Gasteiger partial charge >= 0.3 is 0 Å². The van der Waals surface area contributed by atoms with Gasteiger partial charge in [0.05, 0.1) is 11.9 Å². The Kier molecular flexibility index (Phi) is 5.11. The number of nitrogens with one attached hydrogen (secondary N) is 2. The van der Waals surface area contributed by atoms with Crippen molar-refractivity contribution in [2.24, 2.45) is 0 Å². The number of hydrogen-bond acceptors (Lipinski definition) is 4. The third-order valence-corrected chi connectivity index (χ3v) is 5.60. The second-order valence-electron chi connectivity index (χ2n) is 7.31. The van der Waals surface area contributed by atoms with Gasteiger partial charge in [0.1, 0.15) is 5.65 Å². The lowest BCUT2D eigenvalue weighted by Crippen LogP contribution is -2.44. The molecule has 0 bridgehead atoms. The number of pyridine rings is 1. The van der Waals surface area contributed by atoms with Gasteiger partial charge in [-0.05, 0) is 43.2 Å². The summed E-state index contributed by atoms with van der Waals surface area (Å²) in [5, 5.41) is 4.20. The third kappa shape index (κ3) is 3.56. The van der Waals surface area contributed by atoms with Crippen LogP contribution < -0.4 is 5.32 Å². The van der Waals surface area contributed by atoms with E-state index in [1.165, 1.54) is 12.3 Å². The number of rotatable bonds is 4. The zero-order valence-electron chi connectivity index (χ0n) is 15.3. The lowest BCUT2D eigenvalue weighted by Gasteiger charge is -2.33. The molecule has 7 heteroatoms. The number of hydrogen-bond donors (Lipinski definition) is 2. The molecule has 0 saturated carbocycles. The number of carbonyl (C=O) groups excluding carboxylic acids is 1. The van der Waals surface area contributed by atoms with E-state index in [1.54, 1.807) is 4.90 Å². The van der Waals surface area contributed by atoms with Crippen molar-refractivity contribution < 1.29 is 13.9 Å². The second-order valence-corrected chi connectivity index (χ2v) is 7.31. The van der Waals surface area contributed by atoms with Gasteiger partial charge in [0.25, 0.3) is 0 Å². The number of likely N-dealkylation sites (tertiary alicyclic amines) is 1. The minimum absolute atomic E-state index is 0.000175. The Morgan fingerprint density at radius 1 is 1.41 bits per heavy atom. The van der Waals surface area contributed by atoms with Crippen LogP contribution in [0.2, 0.25) is 0 Å². The van der Waals surface area contributed by atoms with Gasteiger partial charge in [-0.1, -0.05) is 6.58 Å². The number of aromatic nitrogens is 2. The van der Waals surface area contributed by atoms with Crippen LogP contribution in [0.25, 0.3) is 11.0 Å². The van der Waals surface area contributed by atoms with Gasteiger partial charge in [0.15, 0.2) is 5.82 Å². The van der Waals surface area contributed by atoms with Crippen LogP contribution >= 0.6 is 0 Å². The highest BCUT2D eigenvalue weighted by molar-refractivity contribution is 5.93. The van der Waals surface area contributed by atoms with Gasteiger partial charge in [-0.15, -0.1) is 0 Å². The molecule has 144 valence electrons. The average molecular weight is 372 g/mol. The summed E-state index contributed by atoms with van der Waals surface area (Å²) in [6, 6.07) is 0.000175. The van der Waals surface area contributed by atoms with Crippen molar-refractivity contribution in [3.05, 3.63) is 36.4 Å². The fourth-order valence-corrected chi connectivity index (χ4v) is 4.20. The molecule has 2 aromatic heterocycles. The minimum atomic E-state index is -0.359. The molecule has 0 radical (unpaired) electrons. The van der Waals surface area contributed by atoms with Crippen LogP contribution in [0.4, 0.5) is 10.1 Å². The molecule has 2 aliphatic heterocycles. The summed E-state index contributed by atoms with van der Waals surface area (Å²) in [5.41, 5.74) is 2.27. The number of ether oxygens (including phenoxy) is 1. The van der Waals surface area contributed by atoms with Crippen molar-refractivity contribution in [3.8, 4) is 0 Å². The summed E-state index contributed by atoms with van der Waals surface area (Å²) in [6.45, 7) is 6.28. The first kappa shape index (κ1) is 18.0. The van der Waals surface area contributed by atoms with Gasteiger partial charge in [-0.2, -0.15) is 0 Å². The van der Waals surface area contributed by atoms with Crippen molar-refractivity contribution in [2.75, 3.05) is 31.6 Å². The number of amides is 1. The van der Waals surface area contributed by atoms with Gasteiger partial charge in [-0.3, -0.25) is 4.79 Å². The molecule has 2 N–H and O–H groups in total. The van der Waals surface area contributed by atoms with E-state index in [2.05, 4.69) is 21.9 Å². The number of fused-ring (bicyclic) bond motifs is 1. The molecule has 1 atom stereocenters. The van der Waals surface area contributed by atoms with E-state index in [0.717, 1.165) is 56.4 Å². The molecule has 1 amide bonds. The number of H-pyrrole nitrogens is 1. The Hall–Kier alpha value is -2.41. The van der Waals surface area contributed by atoms with Gasteiger partial charge < -0.3 is 19.9 Å². The van der Waals surface area contributed by atoms with Gasteiger partial charge in [0.2, 0.25) is 5.91 Å². The summed E-state index contributed by atoms with van der Waals surface area (Å²) in [4.78, 5) is 21.1. The van der Waals surface area contributed by atoms with E-state index >= 15 is 0 Å². The van der Waals surface area contributed by atoms with E-state index in [-0.39, 0.29) is 17.8 Å². The van der Waals surface area contributed by atoms with Crippen molar-refractivity contribution in [1.82, 2.24) is 14.9 Å². The molecule has 2 saturated heterocycles. The smallest absolute Gasteiger partial charge is 0.246 e. The first-order valence-electron chi connectivity index (χ1n) is 9.58. The Balaban J connectivity index is 1.64. The first-order valence-corrected chi connectivity index (χ1v) is 9.58. The SMILES string of the molecule is C=CC(=O)N1CCC[C@@H](Nc2c(F)cnc3[nH]cc(C4CCOCC4)c23)C1. The van der Waals surface area contributed by atoms with Crippen LogP contribution in [0.3, 0.4) is 0 Å². The zero-order valence-corrected chi connectivity index (χ0v) is 15.3. The maximum absolute atomic E-state index is 14.8. The summed E-state index contributed by atoms with van der Waals surface area (Å²) in [5.74, 6) is -0.101. The summed E-state index contributed by atoms with van der Waals surface area (Å²) in [7, 11) is 0. The van der Waals surface area contributed by atoms with Crippen LogP contribution in [0, 0.1) is 5.82 Å². The van der Waals surface area contributed by atoms with E-state index in [0.29, 0.717) is 23.8 Å². The highest BCUT2D eigenvalue weighted by Crippen LogP contribution is 2.37. The Morgan fingerprint density at radius 3 is 3.00 bits per heavy atom. The maximum Gasteiger partial charge on any atom is 0.246 e. The Bertz CT molecular complexity index is 844. The molecule has 2 aromatic rings. The maximum atomic E-state index is 14.8. The number of anilines is 1. The van der Waals surface area contributed by atoms with Gasteiger partial charge in [-0.25, -0.2) is 9.37 Å². The monoisotopic (exact) mass is 372 g/mol. The molecule has 2 aliphatic rings. The summed E-state index contributed by atoms with van der Waals surface area (Å²) >= 11 is 0. The van der Waals surface area contributed by atoms with Gasteiger partial charge in [0, 0.05) is 43.9 Å². The highest BCUT2D eigenvalue weighted by Gasteiger charge is 2.26. The Morgan fingerprint density at radius 2 is 2.22 bits per heavy atom. The van der Waals surface area contributed by atoms with E-state index < -0.39 is 0 Å². The summed E-state index contributed by atoms with van der Waals surface area (Å²) in [6.07, 6.45) is 8.16. The Labute approximate surface area is 157 Å². The van der Waals surface area contributed by atoms with Crippen molar-refractivity contribution >= 4 is 22.6 Å². The molecular formula is C20H25FN4O2. The van der Waals surface area contributed by atoms with Crippen LogP contribution in [-0.4, -0.2) is 53.1 Å². The molecule has 2 fully saturated rings. The normalized spacial score (nSPS) is 21.4. The lowest BCUT2D eigenvalue weighted by atomic mass is 9.91. The van der Waals surface area contributed by atoms with Crippen molar-refractivity contribution in [1.29, 1.82) is 0 Å². The average Bonchev–Trinajstić information content (AvgIpc) is 3.15. The van der Waals surface area contributed by atoms with E-state index in [9.17, 15) is 9.18 Å². The molecule has 4 rings (SSSR count). The fraction of sp³-hybridized carbons (Fsp3) is 0.500. The topological polar surface area (TPSA) is 70.2 Å². The largest absolute Gasteiger partial charge is 0.381 e. The van der Waals surface area contributed by atoms with Crippen LogP contribution in [0.1, 0.15) is 37.2 Å². The van der Waals surface area contributed by atoms with Crippen LogP contribution in [-0.2, 0) is 9.53 Å². The van der Waals surface area contributed by atoms with E-state index in [4.69, 9.17) is 4.74 Å². The predicted octanol–water partition coefficient (Wildman–Crippen LogP) is 3.18. The molecule has 0 aliphatic carbocycles. The molecule has 4 heterocycles. The van der Waals surface area contributed by atoms with Crippen LogP contribution in [0.15, 0.2) is 25.0 Å². The zero-order chi connectivity index (χ0) is 18.8. The molecule has 27 heavy (non-hydrogen) atoms. The quantitative estimate of drug-likeness (QED) is 0.809. The third-order valence-electron chi connectivity index (χ3n) is 5.60. The molecule has 0 unspecified atom stereocenters. The highest BCUT2D eigenvalue weighted by atomic mass is 19.1. The second kappa shape index (κ2) is 7.68. The number of piperidine rings is 1. The van der Waals surface area contributed by atoms with Crippen LogP contribution in [0.5, 0.6) is 0 Å². The minimum Gasteiger partial charge on any atom is -0.381 e. The molecule has 0 aromatic carbocycles. The van der Waals surface area contributed by atoms with Crippen molar-refractivity contribution in [3.63, 3.8) is 0 Å². The number of aromatic amines is 1. The number of carbonyl (C=O) groups is 1. The fourth-order valence-electron chi connectivity index (χ4n) is 4.20. The first-order chi connectivity index (χ1) is 13.2. The van der Waals surface area contributed by atoms with E-state index in [1.807, 2.05) is 6.20 Å². The predicted molar refractivity (Wildman–Crippen MR) is 102 cm³/mol. The molecular weight excluding hydrogens is 347 g/mol. The number of halogens is 1. The number of nitrogens with zero attached hydrogens (tertiary/aromatic N) is 2. The summed E-state index contributed by atoms with van der Waals surface area (Å²) < 4.78 is 20.2. The van der Waals surface area contributed by atoms with Crippen molar-refractivity contribution in [2.45, 2.75) is 37.6 Å². The molecule has 6 nitrogen and oxygen atoms in total. The lowest BCUT2D eigenvalue weighted by molar-refractivity contribution is -0.127. The standard InChI is InChI=1S/C20H25FN4O2/c1-2-17(26)25-7-3-4-14(12-25)24-19-16(21)11-23-20-18(19)15(10-22-20)13-5-8-27-9-6-13/h2,10-11,13-14H,1,3-9,12H2,(H2,22,23,24)/t14-/m1/s1. The molecule has 0 spiro atoms.